The quantitative estimate of drug-likeness (QED) is 0.819. The molecule has 4 nitrogen and oxygen atoms in total. The van der Waals surface area contributed by atoms with Crippen molar-refractivity contribution in [3.8, 4) is 0 Å². The van der Waals surface area contributed by atoms with Gasteiger partial charge < -0.3 is 15.7 Å². The summed E-state index contributed by atoms with van der Waals surface area (Å²) in [6.45, 7) is 10.0. The monoisotopic (exact) mass is 296 g/mol. The maximum atomic E-state index is 12.9. The molecule has 0 bridgehead atoms. The zero-order chi connectivity index (χ0) is 15.8. The van der Waals surface area contributed by atoms with Crippen LogP contribution in [0.15, 0.2) is 0 Å². The zero-order valence-corrected chi connectivity index (χ0v) is 14.0. The first kappa shape index (κ1) is 16.8. The molecule has 0 spiro atoms. The predicted octanol–water partition coefficient (Wildman–Crippen LogP) is 2.01. The number of aliphatic hydroxyl groups is 1. The summed E-state index contributed by atoms with van der Waals surface area (Å²) in [7, 11) is 0. The number of hydrogen-bond donors (Lipinski definition) is 2. The molecule has 0 aromatic carbocycles. The van der Waals surface area contributed by atoms with Crippen LogP contribution in [0.3, 0.4) is 0 Å². The fraction of sp³-hybridized carbons (Fsp3) is 0.941. The third kappa shape index (κ3) is 3.26. The van der Waals surface area contributed by atoms with Crippen molar-refractivity contribution in [2.75, 3.05) is 13.1 Å². The van der Waals surface area contributed by atoms with Crippen LogP contribution in [0.5, 0.6) is 0 Å². The van der Waals surface area contributed by atoms with Crippen molar-refractivity contribution < 1.29 is 9.90 Å². The van der Waals surface area contributed by atoms with E-state index in [4.69, 9.17) is 5.73 Å². The van der Waals surface area contributed by atoms with Gasteiger partial charge in [-0.1, -0.05) is 20.8 Å². The van der Waals surface area contributed by atoms with Crippen molar-refractivity contribution in [3.63, 3.8) is 0 Å². The fourth-order valence-electron chi connectivity index (χ4n) is 4.11. The number of nitrogens with zero attached hydrogens (tertiary/aromatic N) is 1. The summed E-state index contributed by atoms with van der Waals surface area (Å²) >= 11 is 0. The lowest BCUT2D eigenvalue weighted by atomic mass is 9.60. The topological polar surface area (TPSA) is 66.6 Å². The summed E-state index contributed by atoms with van der Waals surface area (Å²) in [5.41, 5.74) is 6.16. The highest BCUT2D eigenvalue weighted by Crippen LogP contribution is 2.45. The fourth-order valence-corrected chi connectivity index (χ4v) is 4.11. The first-order chi connectivity index (χ1) is 9.75. The molecular formula is C17H32N2O2. The Kier molecular flexibility index (Phi) is 4.99. The Morgan fingerprint density at radius 3 is 2.33 bits per heavy atom. The third-order valence-corrected chi connectivity index (χ3v) is 6.33. The van der Waals surface area contributed by atoms with E-state index in [2.05, 4.69) is 20.8 Å². The molecule has 1 aliphatic heterocycles. The third-order valence-electron chi connectivity index (χ3n) is 6.33. The predicted molar refractivity (Wildman–Crippen MR) is 84.6 cm³/mol. The maximum Gasteiger partial charge on any atom is 0.226 e. The second-order valence-corrected chi connectivity index (χ2v) is 7.81. The summed E-state index contributed by atoms with van der Waals surface area (Å²) in [5.74, 6) is 1.12. The van der Waals surface area contributed by atoms with Crippen LogP contribution in [0.1, 0.15) is 53.4 Å². The SMILES string of the molecule is CC(O)C1CCN(C(=O)C2CCC(N)C(C)C2(C)C)CC1. The largest absolute Gasteiger partial charge is 0.393 e. The highest BCUT2D eigenvalue weighted by molar-refractivity contribution is 5.80. The summed E-state index contributed by atoms with van der Waals surface area (Å²) in [4.78, 5) is 14.9. The molecule has 1 saturated carbocycles. The number of nitrogens with two attached hydrogens (primary N) is 1. The first-order valence-corrected chi connectivity index (χ1v) is 8.47. The second-order valence-electron chi connectivity index (χ2n) is 7.81. The summed E-state index contributed by atoms with van der Waals surface area (Å²) in [6, 6.07) is 0.213. The van der Waals surface area contributed by atoms with Crippen LogP contribution in [0, 0.1) is 23.2 Å². The Labute approximate surface area is 129 Å². The van der Waals surface area contributed by atoms with Gasteiger partial charge in [0.25, 0.3) is 0 Å². The van der Waals surface area contributed by atoms with E-state index in [9.17, 15) is 9.90 Å². The van der Waals surface area contributed by atoms with Crippen molar-refractivity contribution in [3.05, 3.63) is 0 Å². The number of rotatable bonds is 2. The molecule has 4 atom stereocenters. The normalized spacial score (nSPS) is 35.5. The molecule has 1 amide bonds. The van der Waals surface area contributed by atoms with Crippen LogP contribution in [-0.2, 0) is 4.79 Å². The summed E-state index contributed by atoms with van der Waals surface area (Å²) in [6.07, 6.45) is 3.45. The second kappa shape index (κ2) is 6.25. The number of carbonyl (C=O) groups is 1. The van der Waals surface area contributed by atoms with Crippen LogP contribution in [-0.4, -0.2) is 41.1 Å². The Hall–Kier alpha value is -0.610. The van der Waals surface area contributed by atoms with Gasteiger partial charge in [0.2, 0.25) is 5.91 Å². The molecule has 2 fully saturated rings. The van der Waals surface area contributed by atoms with Crippen LogP contribution in [0.2, 0.25) is 0 Å². The van der Waals surface area contributed by atoms with Gasteiger partial charge in [0.1, 0.15) is 0 Å². The smallest absolute Gasteiger partial charge is 0.226 e. The van der Waals surface area contributed by atoms with Gasteiger partial charge in [0.15, 0.2) is 0 Å². The van der Waals surface area contributed by atoms with Crippen molar-refractivity contribution in [2.45, 2.75) is 65.5 Å². The molecule has 2 rings (SSSR count). The summed E-state index contributed by atoms with van der Waals surface area (Å²) in [5, 5.41) is 9.68. The van der Waals surface area contributed by atoms with E-state index in [0.717, 1.165) is 38.8 Å². The van der Waals surface area contributed by atoms with Gasteiger partial charge in [0.05, 0.1) is 6.10 Å². The molecule has 2 aliphatic rings. The van der Waals surface area contributed by atoms with Gasteiger partial charge in [-0.25, -0.2) is 0 Å². The van der Waals surface area contributed by atoms with E-state index in [0.29, 0.717) is 17.7 Å². The standard InChI is InChI=1S/C17H32N2O2/c1-11-15(18)6-5-14(17(11,3)4)16(21)19-9-7-13(8-10-19)12(2)20/h11-15,20H,5-10,18H2,1-4H3. The molecule has 4 unspecified atom stereocenters. The minimum atomic E-state index is -0.258. The number of amides is 1. The molecule has 21 heavy (non-hydrogen) atoms. The summed E-state index contributed by atoms with van der Waals surface area (Å²) < 4.78 is 0. The van der Waals surface area contributed by atoms with Crippen LogP contribution in [0.25, 0.3) is 0 Å². The van der Waals surface area contributed by atoms with Crippen molar-refractivity contribution in [1.29, 1.82) is 0 Å². The molecule has 4 heteroatoms. The molecule has 122 valence electrons. The number of piperidine rings is 1. The molecule has 0 aromatic rings. The van der Waals surface area contributed by atoms with E-state index in [-0.39, 0.29) is 23.5 Å². The first-order valence-electron chi connectivity index (χ1n) is 8.47. The van der Waals surface area contributed by atoms with Gasteiger partial charge in [-0.3, -0.25) is 4.79 Å². The van der Waals surface area contributed by atoms with E-state index >= 15 is 0 Å². The highest BCUT2D eigenvalue weighted by Gasteiger charge is 2.46. The van der Waals surface area contributed by atoms with Crippen molar-refractivity contribution >= 4 is 5.91 Å². The minimum absolute atomic E-state index is 0.0319. The lowest BCUT2D eigenvalue weighted by Crippen LogP contribution is -2.53. The average molecular weight is 296 g/mol. The number of likely N-dealkylation sites (tertiary alicyclic amines) is 1. The Bertz CT molecular complexity index is 373. The minimum Gasteiger partial charge on any atom is -0.393 e. The lowest BCUT2D eigenvalue weighted by molar-refractivity contribution is -0.145. The molecule has 1 aliphatic carbocycles. The Balaban J connectivity index is 2.00. The Morgan fingerprint density at radius 1 is 1.24 bits per heavy atom. The van der Waals surface area contributed by atoms with Gasteiger partial charge in [-0.2, -0.15) is 0 Å². The van der Waals surface area contributed by atoms with E-state index in [1.54, 1.807) is 0 Å². The Morgan fingerprint density at radius 2 is 1.81 bits per heavy atom. The zero-order valence-electron chi connectivity index (χ0n) is 14.0. The van der Waals surface area contributed by atoms with E-state index in [1.165, 1.54) is 0 Å². The highest BCUT2D eigenvalue weighted by atomic mass is 16.3. The molecule has 0 aromatic heterocycles. The van der Waals surface area contributed by atoms with Crippen molar-refractivity contribution in [1.82, 2.24) is 4.90 Å². The van der Waals surface area contributed by atoms with Crippen LogP contribution in [0.4, 0.5) is 0 Å². The molecular weight excluding hydrogens is 264 g/mol. The molecule has 1 heterocycles. The lowest BCUT2D eigenvalue weighted by Gasteiger charge is -2.48. The van der Waals surface area contributed by atoms with E-state index < -0.39 is 0 Å². The molecule has 3 N–H and O–H groups in total. The van der Waals surface area contributed by atoms with Crippen molar-refractivity contribution in [2.24, 2.45) is 28.9 Å². The van der Waals surface area contributed by atoms with Gasteiger partial charge >= 0.3 is 0 Å². The number of carbonyl (C=O) groups excluding carboxylic acids is 1. The average Bonchev–Trinajstić information content (AvgIpc) is 2.44. The molecule has 1 saturated heterocycles. The number of aliphatic hydroxyl groups excluding tert-OH is 1. The van der Waals surface area contributed by atoms with Gasteiger partial charge in [-0.15, -0.1) is 0 Å². The van der Waals surface area contributed by atoms with E-state index in [1.807, 2.05) is 11.8 Å². The molecule has 0 radical (unpaired) electrons. The number of hydrogen-bond acceptors (Lipinski definition) is 3. The van der Waals surface area contributed by atoms with Crippen LogP contribution < -0.4 is 5.73 Å². The van der Waals surface area contributed by atoms with Gasteiger partial charge in [-0.05, 0) is 49.9 Å². The maximum absolute atomic E-state index is 12.9. The van der Waals surface area contributed by atoms with Crippen LogP contribution >= 0.6 is 0 Å². The van der Waals surface area contributed by atoms with Gasteiger partial charge in [0, 0.05) is 25.0 Å².